The van der Waals surface area contributed by atoms with Gasteiger partial charge in [-0.25, -0.2) is 0 Å². The van der Waals surface area contributed by atoms with E-state index >= 15 is 0 Å². The Bertz CT molecular complexity index is 536. The summed E-state index contributed by atoms with van der Waals surface area (Å²) in [4.78, 5) is 1.15. The molecule has 2 N–H and O–H groups in total. The molecule has 1 atom stereocenters. The Hall–Kier alpha value is 0.380. The fourth-order valence-corrected chi connectivity index (χ4v) is 3.63. The highest BCUT2D eigenvalue weighted by molar-refractivity contribution is 14.1. The molecule has 0 fully saturated rings. The Kier molecular flexibility index (Phi) is 4.52. The summed E-state index contributed by atoms with van der Waals surface area (Å²) < 4.78 is 2.18. The van der Waals surface area contributed by atoms with Crippen molar-refractivity contribution in [1.82, 2.24) is 0 Å². The molecule has 2 rings (SSSR count). The molecule has 17 heavy (non-hydrogen) atoms. The van der Waals surface area contributed by atoms with Gasteiger partial charge < -0.3 is 5.73 Å². The summed E-state index contributed by atoms with van der Waals surface area (Å²) >= 11 is 13.5. The zero-order valence-electron chi connectivity index (χ0n) is 9.01. The van der Waals surface area contributed by atoms with E-state index in [0.717, 1.165) is 22.8 Å². The predicted octanol–water partition coefficient (Wildman–Crippen LogP) is 5.13. The van der Waals surface area contributed by atoms with Crippen molar-refractivity contribution in [1.29, 1.82) is 0 Å². The topological polar surface area (TPSA) is 26.0 Å². The smallest absolute Gasteiger partial charge is 0.0731 e. The minimum Gasteiger partial charge on any atom is -0.320 e. The molecule has 1 aromatic heterocycles. The average Bonchev–Trinajstić information content (AvgIpc) is 2.62. The predicted molar refractivity (Wildman–Crippen MR) is 87.0 cm³/mol. The van der Waals surface area contributed by atoms with Gasteiger partial charge in [0.15, 0.2) is 0 Å². The van der Waals surface area contributed by atoms with Crippen molar-refractivity contribution >= 4 is 61.5 Å². The number of halogens is 3. The lowest BCUT2D eigenvalue weighted by molar-refractivity contribution is 0.892. The number of hydrogen-bond donors (Lipinski definition) is 1. The summed E-state index contributed by atoms with van der Waals surface area (Å²) in [7, 11) is 0. The second-order valence-corrected chi connectivity index (χ2v) is 7.73. The molecule has 0 saturated heterocycles. The monoisotopic (exact) mass is 441 g/mol. The third-order valence-corrected chi connectivity index (χ3v) is 6.28. The van der Waals surface area contributed by atoms with E-state index in [-0.39, 0.29) is 6.04 Å². The molecule has 0 aliphatic rings. The molecule has 90 valence electrons. The second kappa shape index (κ2) is 5.57. The van der Waals surface area contributed by atoms with Gasteiger partial charge in [0, 0.05) is 8.45 Å². The van der Waals surface area contributed by atoms with E-state index < -0.39 is 0 Å². The molecule has 0 amide bonds. The van der Waals surface area contributed by atoms with Crippen LogP contribution in [0.4, 0.5) is 0 Å². The first-order valence-corrected chi connectivity index (χ1v) is 8.02. The first-order valence-electron chi connectivity index (χ1n) is 4.95. The molecule has 0 aliphatic carbocycles. The van der Waals surface area contributed by atoms with Crippen LogP contribution in [0.1, 0.15) is 22.0 Å². The van der Waals surface area contributed by atoms with Gasteiger partial charge in [-0.05, 0) is 74.8 Å². The molecule has 0 aliphatic heterocycles. The molecule has 0 spiro atoms. The summed E-state index contributed by atoms with van der Waals surface area (Å²) in [6.45, 7) is 2.07. The third-order valence-electron chi connectivity index (χ3n) is 2.49. The van der Waals surface area contributed by atoms with Crippen LogP contribution in [-0.4, -0.2) is 0 Å². The van der Waals surface area contributed by atoms with Gasteiger partial charge >= 0.3 is 0 Å². The Morgan fingerprint density at radius 3 is 2.65 bits per heavy atom. The van der Waals surface area contributed by atoms with Crippen molar-refractivity contribution in [2.45, 2.75) is 13.0 Å². The number of nitrogens with two attached hydrogens (primary N) is 1. The third kappa shape index (κ3) is 3.04. The van der Waals surface area contributed by atoms with Crippen LogP contribution in [0.15, 0.2) is 28.1 Å². The van der Waals surface area contributed by atoms with Crippen molar-refractivity contribution in [2.24, 2.45) is 5.73 Å². The van der Waals surface area contributed by atoms with Crippen LogP contribution in [0.2, 0.25) is 5.02 Å². The molecule has 1 unspecified atom stereocenters. The van der Waals surface area contributed by atoms with E-state index in [4.69, 9.17) is 17.3 Å². The molecular formula is C12H10BrClINS. The maximum Gasteiger partial charge on any atom is 0.0731 e. The van der Waals surface area contributed by atoms with Gasteiger partial charge in [0.05, 0.1) is 14.9 Å². The lowest BCUT2D eigenvalue weighted by atomic mass is 10.1. The van der Waals surface area contributed by atoms with Crippen LogP contribution in [0.3, 0.4) is 0 Å². The van der Waals surface area contributed by atoms with E-state index in [0.29, 0.717) is 0 Å². The van der Waals surface area contributed by atoms with Gasteiger partial charge in [0.2, 0.25) is 0 Å². The first kappa shape index (κ1) is 13.8. The Morgan fingerprint density at radius 2 is 2.12 bits per heavy atom. The molecule has 0 radical (unpaired) electrons. The average molecular weight is 443 g/mol. The normalized spacial score (nSPS) is 12.8. The van der Waals surface area contributed by atoms with E-state index in [1.165, 1.54) is 5.56 Å². The highest BCUT2D eigenvalue weighted by Crippen LogP contribution is 2.34. The number of aryl methyl sites for hydroxylation is 1. The molecule has 2 aromatic rings. The largest absolute Gasteiger partial charge is 0.320 e. The zero-order valence-corrected chi connectivity index (χ0v) is 14.3. The lowest BCUT2D eigenvalue weighted by Gasteiger charge is -2.10. The van der Waals surface area contributed by atoms with Crippen LogP contribution in [-0.2, 0) is 0 Å². The van der Waals surface area contributed by atoms with E-state index in [1.807, 2.05) is 18.2 Å². The van der Waals surface area contributed by atoms with E-state index in [1.54, 1.807) is 11.3 Å². The molecule has 1 heterocycles. The number of hydrogen-bond acceptors (Lipinski definition) is 2. The van der Waals surface area contributed by atoms with Crippen molar-refractivity contribution in [3.05, 3.63) is 52.6 Å². The van der Waals surface area contributed by atoms with Gasteiger partial charge in [0.1, 0.15) is 0 Å². The standard InChI is InChI=1S/C12H10BrClINS/c1-6-4-10(17-12(6)13)11(16)7-2-3-9(15)8(14)5-7/h2-5,11H,16H2,1H3. The SMILES string of the molecule is Cc1cc(C(N)c2ccc(I)c(Cl)c2)sc1Br. The van der Waals surface area contributed by atoms with Crippen LogP contribution in [0.5, 0.6) is 0 Å². The zero-order chi connectivity index (χ0) is 12.6. The molecule has 0 saturated carbocycles. The van der Waals surface area contributed by atoms with Gasteiger partial charge in [-0.15, -0.1) is 11.3 Å². The fraction of sp³-hybridized carbons (Fsp3) is 0.167. The molecule has 1 nitrogen and oxygen atoms in total. The summed E-state index contributed by atoms with van der Waals surface area (Å²) in [5.41, 5.74) is 8.51. The minimum atomic E-state index is -0.112. The van der Waals surface area contributed by atoms with Crippen LogP contribution >= 0.6 is 61.5 Å². The molecule has 0 bridgehead atoms. The maximum atomic E-state index is 6.25. The highest BCUT2D eigenvalue weighted by Gasteiger charge is 2.14. The summed E-state index contributed by atoms with van der Waals surface area (Å²) in [6, 6.07) is 7.97. The quantitative estimate of drug-likeness (QED) is 0.642. The number of benzene rings is 1. The van der Waals surface area contributed by atoms with E-state index in [9.17, 15) is 0 Å². The minimum absolute atomic E-state index is 0.112. The lowest BCUT2D eigenvalue weighted by Crippen LogP contribution is -2.10. The van der Waals surface area contributed by atoms with Gasteiger partial charge in [-0.2, -0.15) is 0 Å². The summed E-state index contributed by atoms with van der Waals surface area (Å²) in [5, 5.41) is 0.755. The van der Waals surface area contributed by atoms with Crippen molar-refractivity contribution in [3.8, 4) is 0 Å². The molecular weight excluding hydrogens is 432 g/mol. The molecule has 5 heteroatoms. The summed E-state index contributed by atoms with van der Waals surface area (Å²) in [5.74, 6) is 0. The van der Waals surface area contributed by atoms with Crippen molar-refractivity contribution < 1.29 is 0 Å². The Labute approximate surface area is 132 Å². The van der Waals surface area contributed by atoms with Crippen LogP contribution in [0.25, 0.3) is 0 Å². The van der Waals surface area contributed by atoms with E-state index in [2.05, 4.69) is 51.5 Å². The number of rotatable bonds is 2. The van der Waals surface area contributed by atoms with Crippen LogP contribution in [0, 0.1) is 10.5 Å². The van der Waals surface area contributed by atoms with Gasteiger partial charge in [-0.1, -0.05) is 17.7 Å². The Morgan fingerprint density at radius 1 is 1.41 bits per heavy atom. The van der Waals surface area contributed by atoms with Gasteiger partial charge in [0.25, 0.3) is 0 Å². The second-order valence-electron chi connectivity index (χ2n) is 3.76. The fourth-order valence-electron chi connectivity index (χ4n) is 1.51. The van der Waals surface area contributed by atoms with Crippen molar-refractivity contribution in [2.75, 3.05) is 0 Å². The maximum absolute atomic E-state index is 6.25. The first-order chi connectivity index (χ1) is 7.99. The molecule has 1 aromatic carbocycles. The number of thiophene rings is 1. The van der Waals surface area contributed by atoms with Crippen LogP contribution < -0.4 is 5.73 Å². The summed E-state index contributed by atoms with van der Waals surface area (Å²) in [6.07, 6.45) is 0. The van der Waals surface area contributed by atoms with Gasteiger partial charge in [-0.3, -0.25) is 0 Å². The Balaban J connectivity index is 2.36. The highest BCUT2D eigenvalue weighted by atomic mass is 127. The van der Waals surface area contributed by atoms with Crippen molar-refractivity contribution in [3.63, 3.8) is 0 Å².